The van der Waals surface area contributed by atoms with Crippen LogP contribution < -0.4 is 5.32 Å². The van der Waals surface area contributed by atoms with Crippen LogP contribution in [0.15, 0.2) is 24.3 Å². The van der Waals surface area contributed by atoms with E-state index in [2.05, 4.69) is 24.1 Å². The Morgan fingerprint density at radius 2 is 1.78 bits per heavy atom. The van der Waals surface area contributed by atoms with Gasteiger partial charge >= 0.3 is 0 Å². The Balaban J connectivity index is 2.29. The maximum absolute atomic E-state index is 11.1. The summed E-state index contributed by atoms with van der Waals surface area (Å²) in [6, 6.07) is 7.67. The van der Waals surface area contributed by atoms with Crippen LogP contribution in [0.25, 0.3) is 0 Å². The van der Waals surface area contributed by atoms with Gasteiger partial charge in [0.1, 0.15) is 0 Å². The number of benzene rings is 1. The van der Waals surface area contributed by atoms with Gasteiger partial charge in [-0.3, -0.25) is 4.79 Å². The SMILES string of the molecule is CCN(CC)CCCNc1ccc(C(C)=O)cc1. The van der Waals surface area contributed by atoms with Gasteiger partial charge in [0.15, 0.2) is 5.78 Å². The molecule has 18 heavy (non-hydrogen) atoms. The maximum Gasteiger partial charge on any atom is 0.159 e. The van der Waals surface area contributed by atoms with Crippen LogP contribution in [0.2, 0.25) is 0 Å². The number of anilines is 1. The summed E-state index contributed by atoms with van der Waals surface area (Å²) < 4.78 is 0. The van der Waals surface area contributed by atoms with E-state index in [1.54, 1.807) is 6.92 Å². The summed E-state index contributed by atoms with van der Waals surface area (Å²) in [5.74, 6) is 0.114. The minimum Gasteiger partial charge on any atom is -0.385 e. The minimum absolute atomic E-state index is 0.114. The summed E-state index contributed by atoms with van der Waals surface area (Å²) in [5, 5.41) is 3.38. The molecule has 0 amide bonds. The highest BCUT2D eigenvalue weighted by Crippen LogP contribution is 2.09. The first-order chi connectivity index (χ1) is 8.67. The number of nitrogens with zero attached hydrogens (tertiary/aromatic N) is 1. The standard InChI is InChI=1S/C15H24N2O/c1-4-17(5-2)12-6-11-16-15-9-7-14(8-10-15)13(3)18/h7-10,16H,4-6,11-12H2,1-3H3. The topological polar surface area (TPSA) is 32.3 Å². The molecule has 0 spiro atoms. The van der Waals surface area contributed by atoms with Crippen LogP contribution in [0, 0.1) is 0 Å². The fourth-order valence-electron chi connectivity index (χ4n) is 1.90. The zero-order valence-corrected chi connectivity index (χ0v) is 11.7. The van der Waals surface area contributed by atoms with E-state index >= 15 is 0 Å². The molecule has 1 rings (SSSR count). The molecule has 1 aromatic rings. The molecule has 0 aliphatic heterocycles. The second-order valence-corrected chi connectivity index (χ2v) is 4.44. The molecular formula is C15H24N2O. The predicted octanol–water partition coefficient (Wildman–Crippen LogP) is 3.03. The van der Waals surface area contributed by atoms with Crippen LogP contribution in [-0.4, -0.2) is 36.9 Å². The zero-order valence-electron chi connectivity index (χ0n) is 11.7. The van der Waals surface area contributed by atoms with Gasteiger partial charge in [0.2, 0.25) is 0 Å². The molecule has 100 valence electrons. The second kappa shape index (κ2) is 7.88. The van der Waals surface area contributed by atoms with Gasteiger partial charge in [-0.15, -0.1) is 0 Å². The van der Waals surface area contributed by atoms with Crippen LogP contribution in [0.3, 0.4) is 0 Å². The number of rotatable bonds is 8. The Bertz CT molecular complexity index is 355. The largest absolute Gasteiger partial charge is 0.385 e. The van der Waals surface area contributed by atoms with Gasteiger partial charge in [-0.05, 0) is 57.2 Å². The highest BCUT2D eigenvalue weighted by Gasteiger charge is 2.00. The number of Topliss-reactive ketones (excluding diaryl/α,β-unsaturated/α-hetero) is 1. The molecule has 3 nitrogen and oxygen atoms in total. The van der Waals surface area contributed by atoms with Crippen molar-refractivity contribution in [2.24, 2.45) is 0 Å². The van der Waals surface area contributed by atoms with Gasteiger partial charge in [0.25, 0.3) is 0 Å². The first-order valence-electron chi connectivity index (χ1n) is 6.74. The lowest BCUT2D eigenvalue weighted by Crippen LogP contribution is -2.25. The average molecular weight is 248 g/mol. The van der Waals surface area contributed by atoms with Crippen molar-refractivity contribution >= 4 is 11.5 Å². The Hall–Kier alpha value is -1.35. The smallest absolute Gasteiger partial charge is 0.159 e. The van der Waals surface area contributed by atoms with Crippen LogP contribution in [0.1, 0.15) is 37.6 Å². The molecule has 0 radical (unpaired) electrons. The van der Waals surface area contributed by atoms with Gasteiger partial charge in [-0.25, -0.2) is 0 Å². The van der Waals surface area contributed by atoms with Crippen LogP contribution in [0.4, 0.5) is 5.69 Å². The number of hydrogen-bond acceptors (Lipinski definition) is 3. The van der Waals surface area contributed by atoms with Gasteiger partial charge < -0.3 is 10.2 Å². The summed E-state index contributed by atoms with van der Waals surface area (Å²) >= 11 is 0. The van der Waals surface area contributed by atoms with E-state index in [4.69, 9.17) is 0 Å². The van der Waals surface area contributed by atoms with Crippen molar-refractivity contribution in [3.63, 3.8) is 0 Å². The molecule has 1 N–H and O–H groups in total. The van der Waals surface area contributed by atoms with E-state index in [-0.39, 0.29) is 5.78 Å². The predicted molar refractivity (Wildman–Crippen MR) is 77.3 cm³/mol. The summed E-state index contributed by atoms with van der Waals surface area (Å²) in [4.78, 5) is 13.5. The monoisotopic (exact) mass is 248 g/mol. The second-order valence-electron chi connectivity index (χ2n) is 4.44. The van der Waals surface area contributed by atoms with Crippen molar-refractivity contribution in [1.29, 1.82) is 0 Å². The molecule has 0 saturated heterocycles. The van der Waals surface area contributed by atoms with Gasteiger partial charge in [-0.1, -0.05) is 13.8 Å². The van der Waals surface area contributed by atoms with Crippen LogP contribution >= 0.6 is 0 Å². The molecule has 0 atom stereocenters. The first kappa shape index (κ1) is 14.7. The summed E-state index contributed by atoms with van der Waals surface area (Å²) in [6.07, 6.45) is 1.14. The summed E-state index contributed by atoms with van der Waals surface area (Å²) in [6.45, 7) is 10.3. The molecular weight excluding hydrogens is 224 g/mol. The van der Waals surface area contributed by atoms with Gasteiger partial charge in [-0.2, -0.15) is 0 Å². The number of nitrogens with one attached hydrogen (secondary N) is 1. The van der Waals surface area contributed by atoms with E-state index in [1.807, 2.05) is 24.3 Å². The van der Waals surface area contributed by atoms with Crippen LogP contribution in [-0.2, 0) is 0 Å². The summed E-state index contributed by atoms with van der Waals surface area (Å²) in [5.41, 5.74) is 1.85. The highest BCUT2D eigenvalue weighted by atomic mass is 16.1. The zero-order chi connectivity index (χ0) is 13.4. The van der Waals surface area contributed by atoms with Crippen molar-refractivity contribution in [2.45, 2.75) is 27.2 Å². The van der Waals surface area contributed by atoms with E-state index < -0.39 is 0 Å². The van der Waals surface area contributed by atoms with Crippen molar-refractivity contribution in [3.05, 3.63) is 29.8 Å². The van der Waals surface area contributed by atoms with E-state index in [1.165, 1.54) is 0 Å². The number of carbonyl (C=O) groups excluding carboxylic acids is 1. The van der Waals surface area contributed by atoms with Gasteiger partial charge in [0.05, 0.1) is 0 Å². The summed E-state index contributed by atoms with van der Waals surface area (Å²) in [7, 11) is 0. The third-order valence-electron chi connectivity index (χ3n) is 3.17. The molecule has 0 saturated carbocycles. The number of ketones is 1. The normalized spacial score (nSPS) is 10.7. The molecule has 0 aliphatic rings. The molecule has 1 aromatic carbocycles. The average Bonchev–Trinajstić information content (AvgIpc) is 2.39. The van der Waals surface area contributed by atoms with Crippen LogP contribution in [0.5, 0.6) is 0 Å². The molecule has 0 bridgehead atoms. The van der Waals surface area contributed by atoms with E-state index in [0.29, 0.717) is 0 Å². The third kappa shape index (κ3) is 4.88. The Kier molecular flexibility index (Phi) is 6.44. The molecule has 3 heteroatoms. The molecule has 0 aromatic heterocycles. The number of hydrogen-bond donors (Lipinski definition) is 1. The molecule has 0 heterocycles. The molecule has 0 unspecified atom stereocenters. The lowest BCUT2D eigenvalue weighted by molar-refractivity contribution is 0.101. The fraction of sp³-hybridized carbons (Fsp3) is 0.533. The van der Waals surface area contributed by atoms with E-state index in [0.717, 1.165) is 43.9 Å². The number of carbonyl (C=O) groups is 1. The Labute approximate surface area is 110 Å². The highest BCUT2D eigenvalue weighted by molar-refractivity contribution is 5.94. The van der Waals surface area contributed by atoms with E-state index in [9.17, 15) is 4.79 Å². The lowest BCUT2D eigenvalue weighted by Gasteiger charge is -2.17. The van der Waals surface area contributed by atoms with Crippen molar-refractivity contribution in [1.82, 2.24) is 4.90 Å². The Morgan fingerprint density at radius 3 is 2.28 bits per heavy atom. The minimum atomic E-state index is 0.114. The Morgan fingerprint density at radius 1 is 1.17 bits per heavy atom. The van der Waals surface area contributed by atoms with Crippen molar-refractivity contribution in [2.75, 3.05) is 31.5 Å². The van der Waals surface area contributed by atoms with Crippen molar-refractivity contribution in [3.8, 4) is 0 Å². The molecule has 0 aliphatic carbocycles. The first-order valence-corrected chi connectivity index (χ1v) is 6.74. The quantitative estimate of drug-likeness (QED) is 0.567. The third-order valence-corrected chi connectivity index (χ3v) is 3.17. The molecule has 0 fully saturated rings. The maximum atomic E-state index is 11.1. The van der Waals surface area contributed by atoms with Crippen molar-refractivity contribution < 1.29 is 4.79 Å². The lowest BCUT2D eigenvalue weighted by atomic mass is 10.1. The fourth-order valence-corrected chi connectivity index (χ4v) is 1.90. The van der Waals surface area contributed by atoms with Gasteiger partial charge in [0, 0.05) is 17.8 Å².